The highest BCUT2D eigenvalue weighted by atomic mass is 19.1. The average Bonchev–Trinajstić information content (AvgIpc) is 2.87. The standard InChI is InChI=1S/C15H19FN2O5/c1-17(8-15(21)22)11-6-18(7-12(11)19)14(20)9-23-13-5-3-2-4-10(13)16/h2-5,11-12,19H,6-9H2,1H3,(H,21,22)/t11?,12-/m1/s1. The Hall–Kier alpha value is -2.19. The highest BCUT2D eigenvalue weighted by molar-refractivity contribution is 5.78. The molecule has 1 fully saturated rings. The number of aliphatic carboxylic acids is 1. The van der Waals surface area contributed by atoms with E-state index in [-0.39, 0.29) is 32.0 Å². The molecule has 1 amide bonds. The van der Waals surface area contributed by atoms with Crippen LogP contribution in [0.25, 0.3) is 0 Å². The highest BCUT2D eigenvalue weighted by Crippen LogP contribution is 2.18. The number of halogens is 1. The van der Waals surface area contributed by atoms with Crippen molar-refractivity contribution in [3.8, 4) is 5.75 Å². The monoisotopic (exact) mass is 326 g/mol. The number of rotatable bonds is 6. The van der Waals surface area contributed by atoms with Gasteiger partial charge in [-0.15, -0.1) is 0 Å². The number of ether oxygens (including phenoxy) is 1. The van der Waals surface area contributed by atoms with E-state index in [4.69, 9.17) is 9.84 Å². The van der Waals surface area contributed by atoms with E-state index in [2.05, 4.69) is 0 Å². The van der Waals surface area contributed by atoms with Crippen molar-refractivity contribution in [2.75, 3.05) is 33.3 Å². The third-order valence-corrected chi connectivity index (χ3v) is 3.75. The van der Waals surface area contributed by atoms with Gasteiger partial charge in [-0.1, -0.05) is 12.1 Å². The van der Waals surface area contributed by atoms with Gasteiger partial charge in [0.25, 0.3) is 5.91 Å². The van der Waals surface area contributed by atoms with Crippen LogP contribution in [0.5, 0.6) is 5.75 Å². The molecule has 2 rings (SSSR count). The van der Waals surface area contributed by atoms with Crippen LogP contribution in [0.4, 0.5) is 4.39 Å². The zero-order valence-corrected chi connectivity index (χ0v) is 12.7. The van der Waals surface area contributed by atoms with Gasteiger partial charge >= 0.3 is 5.97 Å². The van der Waals surface area contributed by atoms with Crippen LogP contribution in [-0.4, -0.2) is 77.3 Å². The highest BCUT2D eigenvalue weighted by Gasteiger charge is 2.36. The fourth-order valence-corrected chi connectivity index (χ4v) is 2.53. The molecular formula is C15H19FN2O5. The molecule has 23 heavy (non-hydrogen) atoms. The van der Waals surface area contributed by atoms with E-state index in [1.54, 1.807) is 13.1 Å². The molecule has 0 aromatic heterocycles. The molecule has 1 aliphatic rings. The second kappa shape index (κ2) is 7.38. The fraction of sp³-hybridized carbons (Fsp3) is 0.467. The number of nitrogens with zero attached hydrogens (tertiary/aromatic N) is 2. The van der Waals surface area contributed by atoms with E-state index in [1.165, 1.54) is 28.0 Å². The number of carboxylic acids is 1. The van der Waals surface area contributed by atoms with Gasteiger partial charge < -0.3 is 19.8 Å². The molecule has 1 aliphatic heterocycles. The third kappa shape index (κ3) is 4.40. The molecule has 1 unspecified atom stereocenters. The van der Waals surface area contributed by atoms with Gasteiger partial charge in [0.2, 0.25) is 0 Å². The number of hydrogen-bond acceptors (Lipinski definition) is 5. The maximum atomic E-state index is 13.4. The summed E-state index contributed by atoms with van der Waals surface area (Å²) in [5.74, 6) is -1.97. The van der Waals surface area contributed by atoms with E-state index in [0.29, 0.717) is 0 Å². The number of likely N-dealkylation sites (tertiary alicyclic amines) is 1. The van der Waals surface area contributed by atoms with Crippen molar-refractivity contribution in [3.05, 3.63) is 30.1 Å². The van der Waals surface area contributed by atoms with Crippen LogP contribution >= 0.6 is 0 Å². The molecule has 0 spiro atoms. The molecule has 0 aliphatic carbocycles. The lowest BCUT2D eigenvalue weighted by atomic mass is 10.2. The van der Waals surface area contributed by atoms with E-state index in [0.717, 1.165) is 0 Å². The van der Waals surface area contributed by atoms with Crippen LogP contribution in [0.2, 0.25) is 0 Å². The van der Waals surface area contributed by atoms with E-state index >= 15 is 0 Å². The molecule has 0 saturated carbocycles. The summed E-state index contributed by atoms with van der Waals surface area (Å²) in [6.45, 7) is -0.281. The van der Waals surface area contributed by atoms with Crippen LogP contribution in [-0.2, 0) is 9.59 Å². The van der Waals surface area contributed by atoms with Crippen LogP contribution in [0.3, 0.4) is 0 Å². The molecule has 0 radical (unpaired) electrons. The Morgan fingerprint density at radius 2 is 2.09 bits per heavy atom. The van der Waals surface area contributed by atoms with Crippen LogP contribution < -0.4 is 4.74 Å². The molecule has 2 atom stereocenters. The lowest BCUT2D eigenvalue weighted by molar-refractivity contribution is -0.138. The van der Waals surface area contributed by atoms with Crippen molar-refractivity contribution in [1.82, 2.24) is 9.80 Å². The summed E-state index contributed by atoms with van der Waals surface area (Å²) in [5, 5.41) is 18.8. The Morgan fingerprint density at radius 3 is 2.74 bits per heavy atom. The SMILES string of the molecule is CN(CC(=O)O)C1CN(C(=O)COc2ccccc2F)C[C@H]1O. The van der Waals surface area contributed by atoms with Crippen molar-refractivity contribution >= 4 is 11.9 Å². The summed E-state index contributed by atoms with van der Waals surface area (Å²) >= 11 is 0. The number of likely N-dealkylation sites (N-methyl/N-ethyl adjacent to an activating group) is 1. The first-order valence-corrected chi connectivity index (χ1v) is 7.13. The topological polar surface area (TPSA) is 90.3 Å². The number of carbonyl (C=O) groups is 2. The molecule has 1 saturated heterocycles. The molecule has 1 aromatic carbocycles. The normalized spacial score (nSPS) is 20.8. The Balaban J connectivity index is 1.89. The minimum absolute atomic E-state index is 0.0138. The quantitative estimate of drug-likeness (QED) is 0.752. The van der Waals surface area contributed by atoms with Gasteiger partial charge in [-0.25, -0.2) is 4.39 Å². The minimum atomic E-state index is -1.01. The molecule has 2 N–H and O–H groups in total. The zero-order chi connectivity index (χ0) is 17.0. The lowest BCUT2D eigenvalue weighted by Crippen LogP contribution is -2.43. The van der Waals surface area contributed by atoms with Crippen molar-refractivity contribution in [3.63, 3.8) is 0 Å². The van der Waals surface area contributed by atoms with Crippen LogP contribution in [0.15, 0.2) is 24.3 Å². The summed E-state index contributed by atoms with van der Waals surface area (Å²) in [5.41, 5.74) is 0. The summed E-state index contributed by atoms with van der Waals surface area (Å²) in [7, 11) is 1.58. The van der Waals surface area contributed by atoms with E-state index in [9.17, 15) is 19.1 Å². The number of aliphatic hydroxyl groups is 1. The number of β-amino-alcohol motifs (C(OH)–C–C–N with tert-alkyl or cyclic N) is 1. The van der Waals surface area contributed by atoms with E-state index < -0.39 is 29.8 Å². The Labute approximate surface area is 132 Å². The lowest BCUT2D eigenvalue weighted by Gasteiger charge is -2.24. The Morgan fingerprint density at radius 1 is 1.39 bits per heavy atom. The van der Waals surface area contributed by atoms with Crippen molar-refractivity contribution in [2.24, 2.45) is 0 Å². The number of hydrogen-bond donors (Lipinski definition) is 2. The first-order valence-electron chi connectivity index (χ1n) is 7.13. The first-order chi connectivity index (χ1) is 10.9. The van der Waals surface area contributed by atoms with Gasteiger partial charge in [0.05, 0.1) is 18.7 Å². The predicted molar refractivity (Wildman–Crippen MR) is 78.5 cm³/mol. The smallest absolute Gasteiger partial charge is 0.317 e. The van der Waals surface area contributed by atoms with Crippen LogP contribution in [0, 0.1) is 5.82 Å². The number of aliphatic hydroxyl groups excluding tert-OH is 1. The molecule has 7 nitrogen and oxygen atoms in total. The van der Waals surface area contributed by atoms with E-state index in [1.807, 2.05) is 0 Å². The molecule has 126 valence electrons. The number of carbonyl (C=O) groups excluding carboxylic acids is 1. The molecule has 1 heterocycles. The first kappa shape index (κ1) is 17.2. The number of benzene rings is 1. The number of amides is 1. The van der Waals surface area contributed by atoms with Gasteiger partial charge in [0.1, 0.15) is 0 Å². The summed E-state index contributed by atoms with van der Waals surface area (Å²) in [4.78, 5) is 25.7. The zero-order valence-electron chi connectivity index (χ0n) is 12.7. The van der Waals surface area contributed by atoms with Gasteiger partial charge in [-0.3, -0.25) is 14.5 Å². The molecule has 0 bridgehead atoms. The number of para-hydroxylation sites is 1. The average molecular weight is 326 g/mol. The number of carboxylic acid groups (broad SMARTS) is 1. The maximum absolute atomic E-state index is 13.4. The second-order valence-electron chi connectivity index (χ2n) is 5.46. The fourth-order valence-electron chi connectivity index (χ4n) is 2.53. The minimum Gasteiger partial charge on any atom is -0.481 e. The van der Waals surface area contributed by atoms with Crippen molar-refractivity contribution in [2.45, 2.75) is 12.1 Å². The largest absolute Gasteiger partial charge is 0.481 e. The molecule has 1 aromatic rings. The van der Waals surface area contributed by atoms with Crippen LogP contribution in [0.1, 0.15) is 0 Å². The van der Waals surface area contributed by atoms with Gasteiger partial charge in [0, 0.05) is 13.1 Å². The second-order valence-corrected chi connectivity index (χ2v) is 5.46. The Kier molecular flexibility index (Phi) is 5.51. The molecular weight excluding hydrogens is 307 g/mol. The Bertz CT molecular complexity index is 583. The third-order valence-electron chi connectivity index (χ3n) is 3.75. The van der Waals surface area contributed by atoms with Crippen molar-refractivity contribution in [1.29, 1.82) is 0 Å². The van der Waals surface area contributed by atoms with Crippen molar-refractivity contribution < 1.29 is 28.9 Å². The predicted octanol–water partition coefficient (Wildman–Crippen LogP) is -0.207. The van der Waals surface area contributed by atoms with Gasteiger partial charge in [-0.05, 0) is 19.2 Å². The summed E-state index contributed by atoms with van der Waals surface area (Å²) in [6.07, 6.45) is -0.836. The molecule has 8 heteroatoms. The van der Waals surface area contributed by atoms with Gasteiger partial charge in [0.15, 0.2) is 18.2 Å². The summed E-state index contributed by atoms with van der Waals surface area (Å²) < 4.78 is 18.6. The summed E-state index contributed by atoms with van der Waals surface area (Å²) in [6, 6.07) is 5.31. The maximum Gasteiger partial charge on any atom is 0.317 e. The van der Waals surface area contributed by atoms with Gasteiger partial charge in [-0.2, -0.15) is 0 Å².